The minimum absolute atomic E-state index is 0.144. The van der Waals surface area contributed by atoms with E-state index in [1.54, 1.807) is 0 Å². The summed E-state index contributed by atoms with van der Waals surface area (Å²) < 4.78 is 0. The van der Waals surface area contributed by atoms with E-state index < -0.39 is 0 Å². The first-order valence-electron chi connectivity index (χ1n) is 4.17. The molecule has 0 aliphatic carbocycles. The number of aliphatic hydroxyl groups excluding tert-OH is 1. The Morgan fingerprint density at radius 2 is 2.40 bits per heavy atom. The second kappa shape index (κ2) is 6.78. The van der Waals surface area contributed by atoms with Crippen molar-refractivity contribution in [3.63, 3.8) is 0 Å². The van der Waals surface area contributed by atoms with Crippen molar-refractivity contribution in [1.29, 1.82) is 5.41 Å². The van der Waals surface area contributed by atoms with Gasteiger partial charge in [0, 0.05) is 29.4 Å². The highest BCUT2D eigenvalue weighted by molar-refractivity contribution is 14.2. The van der Waals surface area contributed by atoms with Gasteiger partial charge in [0.15, 0.2) is 0 Å². The zero-order chi connectivity index (χ0) is 11.1. The summed E-state index contributed by atoms with van der Waals surface area (Å²) in [6.45, 7) is -0.144. The fourth-order valence-corrected chi connectivity index (χ4v) is 2.27. The molecule has 0 saturated carbocycles. The molecule has 1 aromatic rings. The number of hydrogen-bond acceptors (Lipinski definition) is 3. The number of aliphatic hydroxyl groups is 1. The molecular weight excluding hydrogens is 322 g/mol. The van der Waals surface area contributed by atoms with E-state index in [9.17, 15) is 0 Å². The summed E-state index contributed by atoms with van der Waals surface area (Å²) in [5.41, 5.74) is 2.56. The maximum atomic E-state index is 8.56. The summed E-state index contributed by atoms with van der Waals surface area (Å²) in [6.07, 6.45) is 1.87. The Morgan fingerprint density at radius 1 is 1.60 bits per heavy atom. The molecule has 0 saturated heterocycles. The summed E-state index contributed by atoms with van der Waals surface area (Å²) >= 11 is 2.24. The highest BCUT2D eigenvalue weighted by Gasteiger charge is 1.99. The van der Waals surface area contributed by atoms with Gasteiger partial charge in [0.2, 0.25) is 0 Å². The topological polar surface area (TPSA) is 56.1 Å². The van der Waals surface area contributed by atoms with Gasteiger partial charge in [-0.15, -0.1) is 0 Å². The molecule has 78 valence electrons. The van der Waals surface area contributed by atoms with Crippen LogP contribution in [0.15, 0.2) is 18.2 Å². The van der Waals surface area contributed by atoms with E-state index >= 15 is 0 Å². The van der Waals surface area contributed by atoms with Crippen LogP contribution in [0.4, 0.5) is 5.69 Å². The molecule has 0 aliphatic heterocycles. The maximum Gasteiger partial charge on any atom is 0.104 e. The third-order valence-corrected chi connectivity index (χ3v) is 2.87. The highest BCUT2D eigenvalue weighted by atomic mass is 127. The largest absolute Gasteiger partial charge is 0.384 e. The van der Waals surface area contributed by atoms with E-state index in [2.05, 4.69) is 39.0 Å². The van der Waals surface area contributed by atoms with Crippen LogP contribution >= 0.6 is 28.4 Å². The van der Waals surface area contributed by atoms with Gasteiger partial charge in [-0.25, -0.2) is 0 Å². The maximum absolute atomic E-state index is 8.56. The molecular formula is C10H10IN2OP. The molecule has 1 unspecified atom stereocenters. The lowest BCUT2D eigenvalue weighted by Gasteiger charge is -2.06. The van der Waals surface area contributed by atoms with Crippen LogP contribution in [-0.2, 0) is 0 Å². The number of rotatable bonds is 3. The quantitative estimate of drug-likeness (QED) is 0.345. The predicted molar refractivity (Wildman–Crippen MR) is 74.2 cm³/mol. The van der Waals surface area contributed by atoms with Gasteiger partial charge in [-0.05, 0) is 40.2 Å². The molecule has 1 aromatic carbocycles. The van der Waals surface area contributed by atoms with Crippen LogP contribution in [0, 0.1) is 17.3 Å². The normalized spacial score (nSPS) is 9.73. The van der Waals surface area contributed by atoms with Crippen LogP contribution in [-0.4, -0.2) is 17.9 Å². The molecule has 0 fully saturated rings. The Labute approximate surface area is 103 Å². The summed E-state index contributed by atoms with van der Waals surface area (Å²) in [4.78, 5) is 0. The zero-order valence-corrected chi connectivity index (χ0v) is 11.0. The van der Waals surface area contributed by atoms with Crippen molar-refractivity contribution < 1.29 is 5.11 Å². The molecule has 15 heavy (non-hydrogen) atoms. The Morgan fingerprint density at radius 3 is 3.00 bits per heavy atom. The van der Waals surface area contributed by atoms with Crippen LogP contribution in [0.1, 0.15) is 11.1 Å². The van der Waals surface area contributed by atoms with Gasteiger partial charge in [-0.2, -0.15) is 0 Å². The molecule has 1 rings (SSSR count). The molecule has 3 nitrogen and oxygen atoms in total. The second-order valence-electron chi connectivity index (χ2n) is 2.63. The summed E-state index contributed by atoms with van der Waals surface area (Å²) in [7, 11) is 0. The Bertz CT molecular complexity index is 412. The van der Waals surface area contributed by atoms with Crippen molar-refractivity contribution in [3.05, 3.63) is 29.3 Å². The third kappa shape index (κ3) is 3.78. The number of benzene rings is 1. The summed E-state index contributed by atoms with van der Waals surface area (Å²) in [5, 5.41) is 19.0. The van der Waals surface area contributed by atoms with E-state index in [1.165, 1.54) is 6.21 Å². The van der Waals surface area contributed by atoms with Crippen LogP contribution < -0.4 is 5.09 Å². The van der Waals surface area contributed by atoms with Gasteiger partial charge in [0.25, 0.3) is 0 Å². The standard InChI is InChI=1S/C10H10IN2OP/c11-15-13-10-4-3-8(2-1-5-14)6-9(10)7-12/h3-4,6-7,12-15H,5H2. The number of anilines is 1. The molecule has 0 amide bonds. The van der Waals surface area contributed by atoms with Gasteiger partial charge in [-0.1, -0.05) is 11.8 Å². The molecule has 0 bridgehead atoms. The average Bonchev–Trinajstić information content (AvgIpc) is 2.28. The first-order chi connectivity index (χ1) is 7.31. The van der Waals surface area contributed by atoms with Crippen molar-refractivity contribution in [1.82, 2.24) is 0 Å². The molecule has 3 N–H and O–H groups in total. The van der Waals surface area contributed by atoms with Gasteiger partial charge in [0.1, 0.15) is 6.61 Å². The van der Waals surface area contributed by atoms with Crippen LogP contribution in [0.3, 0.4) is 0 Å². The number of hydrogen-bond donors (Lipinski definition) is 3. The molecule has 0 heterocycles. The Balaban J connectivity index is 3.01. The Hall–Kier alpha value is -0.630. The van der Waals surface area contributed by atoms with E-state index in [-0.39, 0.29) is 6.61 Å². The van der Waals surface area contributed by atoms with Crippen molar-refractivity contribution >= 4 is 40.3 Å². The zero-order valence-electron chi connectivity index (χ0n) is 7.84. The number of nitrogens with one attached hydrogen (secondary N) is 2. The minimum atomic E-state index is -0.144. The fraction of sp³-hybridized carbons (Fsp3) is 0.100. The minimum Gasteiger partial charge on any atom is -0.384 e. The Kier molecular flexibility index (Phi) is 5.62. The molecule has 0 radical (unpaired) electrons. The first-order valence-corrected chi connectivity index (χ1v) is 8.29. The lowest BCUT2D eigenvalue weighted by molar-refractivity contribution is 0.350. The first kappa shape index (κ1) is 12.4. The molecule has 0 spiro atoms. The average molecular weight is 332 g/mol. The second-order valence-corrected chi connectivity index (χ2v) is 4.68. The summed E-state index contributed by atoms with van der Waals surface area (Å²) in [6, 6.07) is 5.59. The lowest BCUT2D eigenvalue weighted by Crippen LogP contribution is -1.91. The van der Waals surface area contributed by atoms with Gasteiger partial charge in [-0.3, -0.25) is 0 Å². The van der Waals surface area contributed by atoms with E-state index in [0.29, 0.717) is 6.37 Å². The van der Waals surface area contributed by atoms with Crippen LogP contribution in [0.5, 0.6) is 0 Å². The fourth-order valence-electron chi connectivity index (χ4n) is 1.07. The SMILES string of the molecule is N=Cc1cc(C#CCO)ccc1NPI. The monoisotopic (exact) mass is 332 g/mol. The van der Waals surface area contributed by atoms with E-state index in [1.807, 2.05) is 18.2 Å². The molecule has 1 atom stereocenters. The molecule has 0 aliphatic rings. The highest BCUT2D eigenvalue weighted by Crippen LogP contribution is 2.26. The summed E-state index contributed by atoms with van der Waals surface area (Å²) in [5.74, 6) is 5.39. The molecule has 0 aromatic heterocycles. The van der Waals surface area contributed by atoms with Crippen molar-refractivity contribution in [2.24, 2.45) is 0 Å². The van der Waals surface area contributed by atoms with Crippen molar-refractivity contribution in [2.45, 2.75) is 0 Å². The van der Waals surface area contributed by atoms with Gasteiger partial charge in [0.05, 0.1) is 0 Å². The lowest BCUT2D eigenvalue weighted by atomic mass is 10.1. The van der Waals surface area contributed by atoms with Crippen molar-refractivity contribution in [2.75, 3.05) is 11.7 Å². The van der Waals surface area contributed by atoms with E-state index in [0.717, 1.165) is 16.8 Å². The van der Waals surface area contributed by atoms with Crippen LogP contribution in [0.2, 0.25) is 0 Å². The van der Waals surface area contributed by atoms with E-state index in [4.69, 9.17) is 10.5 Å². The predicted octanol–water partition coefficient (Wildman–Crippen LogP) is 2.38. The number of halogens is 1. The van der Waals surface area contributed by atoms with Gasteiger partial charge < -0.3 is 15.6 Å². The molecule has 5 heteroatoms. The smallest absolute Gasteiger partial charge is 0.104 e. The van der Waals surface area contributed by atoms with Crippen LogP contribution in [0.25, 0.3) is 0 Å². The van der Waals surface area contributed by atoms with Crippen molar-refractivity contribution in [3.8, 4) is 11.8 Å². The third-order valence-electron chi connectivity index (χ3n) is 1.70. The van der Waals surface area contributed by atoms with Gasteiger partial charge >= 0.3 is 0 Å².